The molecule has 2 nitrogen and oxygen atoms in total. The first-order chi connectivity index (χ1) is 5.52. The molecular weight excluding hydrogens is 206 g/mol. The van der Waals surface area contributed by atoms with Crippen LogP contribution in [0.2, 0.25) is 10.0 Å². The van der Waals surface area contributed by atoms with Crippen LogP contribution in [-0.2, 0) is 0 Å². The Hall–Kier alpha value is -0.800. The fourth-order valence-corrected chi connectivity index (χ4v) is 1.20. The second-order valence-electron chi connectivity index (χ2n) is 2.04. The molecule has 12 heavy (non-hydrogen) atoms. The van der Waals surface area contributed by atoms with Gasteiger partial charge in [-0.25, -0.2) is 4.39 Å². The molecule has 0 unspecified atom stereocenters. The summed E-state index contributed by atoms with van der Waals surface area (Å²) in [7, 11) is 0. The number of rotatable bonds is 1. The highest BCUT2D eigenvalue weighted by Gasteiger charge is 2.08. The minimum atomic E-state index is -1.64. The highest BCUT2D eigenvalue weighted by Crippen LogP contribution is 2.23. The number of aromatic carboxylic acids is 1. The van der Waals surface area contributed by atoms with Crippen LogP contribution in [0.5, 0.6) is 0 Å². The van der Waals surface area contributed by atoms with Crippen molar-refractivity contribution in [2.75, 3.05) is 0 Å². The van der Waals surface area contributed by atoms with Crippen molar-refractivity contribution in [3.8, 4) is 0 Å². The average molecular weight is 208 g/mol. The molecular formula is C7H2Cl2FO2-. The maximum absolute atomic E-state index is 12.8. The highest BCUT2D eigenvalue weighted by atomic mass is 35.5. The van der Waals surface area contributed by atoms with Crippen LogP contribution in [0.1, 0.15) is 10.4 Å². The van der Waals surface area contributed by atoms with E-state index in [9.17, 15) is 14.3 Å². The molecule has 1 rings (SSSR count). The summed E-state index contributed by atoms with van der Waals surface area (Å²) in [4.78, 5) is 10.3. The zero-order valence-corrected chi connectivity index (χ0v) is 7.12. The van der Waals surface area contributed by atoms with Crippen molar-refractivity contribution in [2.24, 2.45) is 0 Å². The molecule has 0 spiro atoms. The second-order valence-corrected chi connectivity index (χ2v) is 2.88. The van der Waals surface area contributed by atoms with E-state index in [-0.39, 0.29) is 10.0 Å². The van der Waals surface area contributed by atoms with Gasteiger partial charge >= 0.3 is 0 Å². The van der Waals surface area contributed by atoms with Gasteiger partial charge in [0.1, 0.15) is 0 Å². The topological polar surface area (TPSA) is 40.1 Å². The predicted octanol–water partition coefficient (Wildman–Crippen LogP) is 1.50. The molecule has 0 aliphatic carbocycles. The molecule has 0 amide bonds. The molecule has 0 saturated carbocycles. The monoisotopic (exact) mass is 207 g/mol. The Morgan fingerprint density at radius 2 is 2.00 bits per heavy atom. The van der Waals surface area contributed by atoms with Gasteiger partial charge in [-0.15, -0.1) is 0 Å². The van der Waals surface area contributed by atoms with Crippen LogP contribution in [0.3, 0.4) is 0 Å². The van der Waals surface area contributed by atoms with Gasteiger partial charge in [0.05, 0.1) is 11.0 Å². The molecule has 0 fully saturated rings. The molecule has 0 radical (unpaired) electrons. The zero-order chi connectivity index (χ0) is 9.30. The molecule has 0 aromatic heterocycles. The van der Waals surface area contributed by atoms with E-state index in [2.05, 4.69) is 0 Å². The lowest BCUT2D eigenvalue weighted by Gasteiger charge is -2.05. The summed E-state index contributed by atoms with van der Waals surface area (Å²) in [5.74, 6) is -2.67. The molecule has 5 heteroatoms. The van der Waals surface area contributed by atoms with Crippen LogP contribution in [0.25, 0.3) is 0 Å². The molecule has 1 aromatic carbocycles. The van der Waals surface area contributed by atoms with Gasteiger partial charge in [0.25, 0.3) is 0 Å². The molecule has 0 bridgehead atoms. The number of benzene rings is 1. The summed E-state index contributed by atoms with van der Waals surface area (Å²) in [6.45, 7) is 0. The van der Waals surface area contributed by atoms with Crippen LogP contribution in [-0.4, -0.2) is 5.97 Å². The van der Waals surface area contributed by atoms with Gasteiger partial charge in [-0.3, -0.25) is 0 Å². The average Bonchev–Trinajstić information content (AvgIpc) is 1.96. The number of hydrogen-bond acceptors (Lipinski definition) is 2. The largest absolute Gasteiger partial charge is 0.545 e. The minimum absolute atomic E-state index is 0.0561. The fraction of sp³-hybridized carbons (Fsp3) is 0. The molecule has 0 saturated heterocycles. The van der Waals surface area contributed by atoms with Gasteiger partial charge in [0.15, 0.2) is 5.82 Å². The summed E-state index contributed by atoms with van der Waals surface area (Å²) in [5, 5.41) is 9.98. The number of carbonyl (C=O) groups excluding carboxylic acids is 1. The molecule has 0 N–H and O–H groups in total. The number of hydrogen-bond donors (Lipinski definition) is 0. The lowest BCUT2D eigenvalue weighted by molar-refractivity contribution is -0.255. The van der Waals surface area contributed by atoms with E-state index in [0.29, 0.717) is 0 Å². The van der Waals surface area contributed by atoms with Crippen LogP contribution in [0, 0.1) is 5.82 Å². The molecule has 0 atom stereocenters. The molecule has 64 valence electrons. The molecule has 0 heterocycles. The van der Waals surface area contributed by atoms with Crippen LogP contribution in [0.15, 0.2) is 12.1 Å². The fourth-order valence-electron chi connectivity index (χ4n) is 0.705. The smallest absolute Gasteiger partial charge is 0.150 e. The summed E-state index contributed by atoms with van der Waals surface area (Å²) in [6.07, 6.45) is 0. The number of halogens is 3. The van der Waals surface area contributed by atoms with E-state index < -0.39 is 17.3 Å². The Morgan fingerprint density at radius 3 is 2.50 bits per heavy atom. The van der Waals surface area contributed by atoms with Crippen LogP contribution in [0.4, 0.5) is 4.39 Å². The summed E-state index contributed by atoms with van der Waals surface area (Å²) < 4.78 is 12.8. The summed E-state index contributed by atoms with van der Waals surface area (Å²) >= 11 is 10.7. The van der Waals surface area contributed by atoms with Crippen LogP contribution < -0.4 is 5.11 Å². The lowest BCUT2D eigenvalue weighted by atomic mass is 10.2. The predicted molar refractivity (Wildman–Crippen MR) is 40.8 cm³/mol. The van der Waals surface area contributed by atoms with E-state index in [4.69, 9.17) is 23.2 Å². The first-order valence-electron chi connectivity index (χ1n) is 2.88. The highest BCUT2D eigenvalue weighted by molar-refractivity contribution is 6.35. The molecule has 0 aliphatic heterocycles. The SMILES string of the molecule is O=C([O-])c1cc(Cl)cc(Cl)c1F. The van der Waals surface area contributed by atoms with E-state index in [1.165, 1.54) is 0 Å². The van der Waals surface area contributed by atoms with Gasteiger partial charge < -0.3 is 9.90 Å². The minimum Gasteiger partial charge on any atom is -0.545 e. The normalized spacial score (nSPS) is 9.92. The maximum atomic E-state index is 12.8. The van der Waals surface area contributed by atoms with Crippen molar-refractivity contribution in [1.82, 2.24) is 0 Å². The van der Waals surface area contributed by atoms with Crippen molar-refractivity contribution < 1.29 is 14.3 Å². The Labute approximate surface area is 77.5 Å². The Morgan fingerprint density at radius 1 is 1.42 bits per heavy atom. The standard InChI is InChI=1S/C7H3Cl2FO2/c8-3-1-4(7(11)12)6(10)5(9)2-3/h1-2H,(H,11,12)/p-1. The number of carboxylic acid groups (broad SMARTS) is 1. The van der Waals surface area contributed by atoms with Crippen molar-refractivity contribution in [3.63, 3.8) is 0 Å². The maximum Gasteiger partial charge on any atom is 0.150 e. The quantitative estimate of drug-likeness (QED) is 0.656. The van der Waals surface area contributed by atoms with Gasteiger partial charge in [-0.1, -0.05) is 23.2 Å². The van der Waals surface area contributed by atoms with Crippen molar-refractivity contribution >= 4 is 29.2 Å². The summed E-state index contributed by atoms with van der Waals surface area (Å²) in [5.41, 5.74) is -0.632. The van der Waals surface area contributed by atoms with E-state index in [1.807, 2.05) is 0 Å². The van der Waals surface area contributed by atoms with Crippen molar-refractivity contribution in [2.45, 2.75) is 0 Å². The van der Waals surface area contributed by atoms with Crippen molar-refractivity contribution in [1.29, 1.82) is 0 Å². The molecule has 1 aromatic rings. The van der Waals surface area contributed by atoms with Crippen LogP contribution >= 0.6 is 23.2 Å². The van der Waals surface area contributed by atoms with Gasteiger partial charge in [0, 0.05) is 10.6 Å². The Bertz CT molecular complexity index is 338. The second kappa shape index (κ2) is 3.29. The number of carbonyl (C=O) groups is 1. The first kappa shape index (κ1) is 9.29. The Kier molecular flexibility index (Phi) is 2.55. The number of carboxylic acids is 1. The van der Waals surface area contributed by atoms with E-state index in [1.54, 1.807) is 0 Å². The van der Waals surface area contributed by atoms with Gasteiger partial charge in [-0.2, -0.15) is 0 Å². The first-order valence-corrected chi connectivity index (χ1v) is 3.64. The van der Waals surface area contributed by atoms with E-state index >= 15 is 0 Å². The summed E-state index contributed by atoms with van der Waals surface area (Å²) in [6, 6.07) is 2.06. The third kappa shape index (κ3) is 1.68. The third-order valence-corrected chi connectivity index (χ3v) is 1.71. The molecule has 0 aliphatic rings. The lowest BCUT2D eigenvalue weighted by Crippen LogP contribution is -2.23. The third-order valence-electron chi connectivity index (χ3n) is 1.21. The van der Waals surface area contributed by atoms with Gasteiger partial charge in [0.2, 0.25) is 0 Å². The Balaban J connectivity index is 3.37. The zero-order valence-electron chi connectivity index (χ0n) is 5.61. The van der Waals surface area contributed by atoms with Crippen molar-refractivity contribution in [3.05, 3.63) is 33.6 Å². The van der Waals surface area contributed by atoms with Gasteiger partial charge in [-0.05, 0) is 12.1 Å². The van der Waals surface area contributed by atoms with E-state index in [0.717, 1.165) is 12.1 Å².